The first-order valence-electron chi connectivity index (χ1n) is 9.56. The first kappa shape index (κ1) is 24.0. The minimum atomic E-state index is -2.97. The monoisotopic (exact) mass is 479 g/mol. The van der Waals surface area contributed by atoms with E-state index in [-0.39, 0.29) is 27.9 Å². The number of hydrogen-bond acceptors (Lipinski definition) is 4. The van der Waals surface area contributed by atoms with Crippen molar-refractivity contribution in [1.82, 2.24) is 0 Å². The molecule has 0 radical (unpaired) electrons. The van der Waals surface area contributed by atoms with Gasteiger partial charge in [-0.3, -0.25) is 0 Å². The van der Waals surface area contributed by atoms with Gasteiger partial charge >= 0.3 is 13.2 Å². The zero-order valence-electron chi connectivity index (χ0n) is 17.2. The van der Waals surface area contributed by atoms with E-state index in [9.17, 15) is 22.7 Å². The minimum Gasteiger partial charge on any atom is -0.502 e. The molecule has 5 nitrogen and oxygen atoms in total. The molecule has 3 aromatic rings. The van der Waals surface area contributed by atoms with Crippen LogP contribution in [0.15, 0.2) is 73.1 Å². The molecule has 0 unspecified atom stereocenters. The fraction of sp³-hybridized carbons (Fsp3) is 0.130. The van der Waals surface area contributed by atoms with Crippen molar-refractivity contribution in [2.45, 2.75) is 20.1 Å². The second-order valence-corrected chi connectivity index (χ2v) is 7.15. The molecule has 1 aromatic heterocycles. The summed E-state index contributed by atoms with van der Waals surface area (Å²) in [7, 11) is 0. The second-order valence-electron chi connectivity index (χ2n) is 6.75. The van der Waals surface area contributed by atoms with Crippen LogP contribution in [0.3, 0.4) is 0 Å². The van der Waals surface area contributed by atoms with Crippen LogP contribution in [0.1, 0.15) is 11.1 Å². The van der Waals surface area contributed by atoms with E-state index in [4.69, 9.17) is 12.2 Å². The zero-order chi connectivity index (χ0) is 24.0. The van der Waals surface area contributed by atoms with Crippen molar-refractivity contribution in [3.05, 3.63) is 84.2 Å². The van der Waals surface area contributed by atoms with Gasteiger partial charge in [0.15, 0.2) is 23.1 Å². The van der Waals surface area contributed by atoms with E-state index in [0.717, 1.165) is 5.56 Å². The first-order chi connectivity index (χ1) is 15.7. The Morgan fingerprint density at radius 1 is 0.909 bits per heavy atom. The van der Waals surface area contributed by atoms with Gasteiger partial charge in [0.1, 0.15) is 11.5 Å². The van der Waals surface area contributed by atoms with Crippen LogP contribution in [0.2, 0.25) is 0 Å². The molecule has 0 amide bonds. The molecule has 0 spiro atoms. The molecule has 0 saturated carbocycles. The van der Waals surface area contributed by atoms with Crippen molar-refractivity contribution in [2.75, 3.05) is 5.32 Å². The van der Waals surface area contributed by atoms with Gasteiger partial charge in [0, 0.05) is 22.9 Å². The van der Waals surface area contributed by atoms with Gasteiger partial charge in [0.05, 0.1) is 0 Å². The van der Waals surface area contributed by atoms with Crippen molar-refractivity contribution in [1.29, 1.82) is 0 Å². The lowest BCUT2D eigenvalue weighted by Gasteiger charge is -2.12. The Morgan fingerprint density at radius 2 is 1.45 bits per heavy atom. The number of anilines is 1. The molecule has 0 bridgehead atoms. The summed E-state index contributed by atoms with van der Waals surface area (Å²) < 4.78 is 59.8. The number of aliphatic hydroxyl groups excluding tert-OH is 1. The summed E-state index contributed by atoms with van der Waals surface area (Å²) in [4.78, 5) is 0.124. The largest absolute Gasteiger partial charge is 0.502 e. The van der Waals surface area contributed by atoms with E-state index in [1.807, 2.05) is 13.0 Å². The SMILES string of the molecule is Cc1ccc[n+](C(C(=S)Nc2ccc(OC(F)F)cc2)=C(O)c2ccc(OC(F)F)cc2)c1. The molecule has 0 saturated heterocycles. The maximum absolute atomic E-state index is 12.4. The molecule has 0 atom stereocenters. The van der Waals surface area contributed by atoms with E-state index in [0.29, 0.717) is 11.3 Å². The number of thiocarbonyl (C=S) groups is 1. The molecule has 33 heavy (non-hydrogen) atoms. The molecule has 0 aliphatic carbocycles. The number of benzene rings is 2. The number of ether oxygens (including phenoxy) is 2. The summed E-state index contributed by atoms with van der Waals surface area (Å²) in [6.07, 6.45) is 3.42. The van der Waals surface area contributed by atoms with Crippen LogP contribution < -0.4 is 19.4 Å². The lowest BCUT2D eigenvalue weighted by molar-refractivity contribution is -0.576. The minimum absolute atomic E-state index is 0.0146. The fourth-order valence-corrected chi connectivity index (χ4v) is 3.24. The van der Waals surface area contributed by atoms with Crippen LogP contribution in [0.4, 0.5) is 23.2 Å². The summed E-state index contributed by atoms with van der Waals surface area (Å²) in [5, 5.41) is 14.0. The summed E-state index contributed by atoms with van der Waals surface area (Å²) >= 11 is 5.52. The van der Waals surface area contributed by atoms with Gasteiger partial charge in [0.2, 0.25) is 0 Å². The van der Waals surface area contributed by atoms with Crippen LogP contribution >= 0.6 is 12.2 Å². The van der Waals surface area contributed by atoms with Crippen LogP contribution in [0.5, 0.6) is 11.5 Å². The molecule has 0 aliphatic rings. The summed E-state index contributed by atoms with van der Waals surface area (Å²) in [6, 6.07) is 14.8. The predicted octanol–water partition coefficient (Wildman–Crippen LogP) is 5.81. The smallest absolute Gasteiger partial charge is 0.387 e. The molecule has 10 heteroatoms. The Hall–Kier alpha value is -3.66. The molecule has 172 valence electrons. The molecular formula is C23H19F4N2O3S+. The van der Waals surface area contributed by atoms with Crippen LogP contribution in [-0.2, 0) is 0 Å². The highest BCUT2D eigenvalue weighted by atomic mass is 32.1. The molecule has 2 aromatic carbocycles. The third-order valence-corrected chi connectivity index (χ3v) is 4.63. The van der Waals surface area contributed by atoms with Crippen LogP contribution in [0.25, 0.3) is 11.5 Å². The number of aliphatic hydroxyl groups is 1. The summed E-state index contributed by atoms with van der Waals surface area (Å²) in [6.45, 7) is -4.04. The third kappa shape index (κ3) is 6.66. The highest BCUT2D eigenvalue weighted by Gasteiger charge is 2.24. The Labute approximate surface area is 192 Å². The Kier molecular flexibility index (Phi) is 7.83. The van der Waals surface area contributed by atoms with Gasteiger partial charge in [-0.25, -0.2) is 0 Å². The van der Waals surface area contributed by atoms with Crippen LogP contribution in [0, 0.1) is 6.92 Å². The predicted molar refractivity (Wildman–Crippen MR) is 119 cm³/mol. The van der Waals surface area contributed by atoms with Gasteiger partial charge in [-0.2, -0.15) is 22.1 Å². The number of alkyl halides is 4. The fourth-order valence-electron chi connectivity index (χ4n) is 2.92. The van der Waals surface area contributed by atoms with Crippen molar-refractivity contribution >= 4 is 34.3 Å². The van der Waals surface area contributed by atoms with Crippen LogP contribution in [-0.4, -0.2) is 23.3 Å². The molecule has 0 aliphatic heterocycles. The number of hydrogen-bond donors (Lipinski definition) is 2. The second kappa shape index (κ2) is 10.8. The van der Waals surface area contributed by atoms with Crippen molar-refractivity contribution in [3.8, 4) is 11.5 Å². The molecule has 0 fully saturated rings. The standard InChI is InChI=1S/C23H18F4N2O3S/c1-14-3-2-12-29(13-14)19(20(30)15-4-8-17(9-5-15)31-22(24)25)21(33)28-16-6-10-18(11-7-16)32-23(26)27/h2-13,22-23H,1H3,(H-,28,30,33)/p+1. The number of nitrogens with one attached hydrogen (secondary N) is 1. The van der Waals surface area contributed by atoms with E-state index in [1.165, 1.54) is 48.5 Å². The van der Waals surface area contributed by atoms with Gasteiger partial charge < -0.3 is 19.9 Å². The quantitative estimate of drug-likeness (QED) is 0.140. The first-order valence-corrected chi connectivity index (χ1v) is 9.97. The Balaban J connectivity index is 1.95. The summed E-state index contributed by atoms with van der Waals surface area (Å²) in [5.41, 5.74) is 1.88. The van der Waals surface area contributed by atoms with E-state index in [1.54, 1.807) is 23.0 Å². The number of halogens is 4. The van der Waals surface area contributed by atoms with Gasteiger partial charge in [-0.15, -0.1) is 0 Å². The molecule has 3 rings (SSSR count). The van der Waals surface area contributed by atoms with E-state index in [2.05, 4.69) is 14.8 Å². The highest BCUT2D eigenvalue weighted by Crippen LogP contribution is 2.23. The normalized spacial score (nSPS) is 11.8. The summed E-state index contributed by atoms with van der Waals surface area (Å²) in [5.74, 6) is -0.290. The van der Waals surface area contributed by atoms with E-state index >= 15 is 0 Å². The van der Waals surface area contributed by atoms with Crippen molar-refractivity contribution in [3.63, 3.8) is 0 Å². The Morgan fingerprint density at radius 3 is 1.97 bits per heavy atom. The van der Waals surface area contributed by atoms with Crippen molar-refractivity contribution in [2.24, 2.45) is 0 Å². The zero-order valence-corrected chi connectivity index (χ0v) is 18.0. The lowest BCUT2D eigenvalue weighted by atomic mass is 10.1. The number of nitrogens with zero attached hydrogens (tertiary/aromatic N) is 1. The highest BCUT2D eigenvalue weighted by molar-refractivity contribution is 7.81. The molecular weight excluding hydrogens is 460 g/mol. The third-order valence-electron chi connectivity index (χ3n) is 4.34. The van der Waals surface area contributed by atoms with Gasteiger partial charge in [-0.05, 0) is 61.5 Å². The maximum atomic E-state index is 12.4. The maximum Gasteiger partial charge on any atom is 0.387 e. The number of pyridine rings is 1. The number of aryl methyl sites for hydroxylation is 1. The van der Waals surface area contributed by atoms with Gasteiger partial charge in [-0.1, -0.05) is 12.2 Å². The number of rotatable bonds is 8. The average Bonchev–Trinajstić information content (AvgIpc) is 2.75. The van der Waals surface area contributed by atoms with E-state index < -0.39 is 13.2 Å². The molecule has 2 N–H and O–H groups in total. The molecule has 1 heterocycles. The topological polar surface area (TPSA) is 54.6 Å². The lowest BCUT2D eigenvalue weighted by Crippen LogP contribution is -2.38. The van der Waals surface area contributed by atoms with Crippen molar-refractivity contribution < 1.29 is 36.7 Å². The number of aromatic nitrogens is 1. The Bertz CT molecular complexity index is 1140. The average molecular weight is 479 g/mol. The van der Waals surface area contributed by atoms with Gasteiger partial charge in [0.25, 0.3) is 5.70 Å².